The average molecular weight is 352 g/mol. The molecule has 0 aliphatic heterocycles. The van der Waals surface area contributed by atoms with Crippen LogP contribution in [0.3, 0.4) is 0 Å². The molecule has 4 fully saturated rings. The Labute approximate surface area is 143 Å². The van der Waals surface area contributed by atoms with Crippen molar-refractivity contribution < 1.29 is 22.8 Å². The number of hydrogen-bond acceptors (Lipinski definition) is 2. The van der Waals surface area contributed by atoms with Gasteiger partial charge in [0.2, 0.25) is 0 Å². The van der Waals surface area contributed by atoms with Crippen molar-refractivity contribution in [1.82, 2.24) is 5.32 Å². The number of amides is 2. The van der Waals surface area contributed by atoms with E-state index in [1.807, 2.05) is 5.32 Å². The van der Waals surface area contributed by atoms with Crippen molar-refractivity contribution in [1.29, 1.82) is 0 Å². The van der Waals surface area contributed by atoms with E-state index in [1.54, 1.807) is 0 Å². The quantitative estimate of drug-likeness (QED) is 0.635. The lowest BCUT2D eigenvalue weighted by Crippen LogP contribution is -2.61. The van der Waals surface area contributed by atoms with E-state index in [2.05, 4.69) is 5.32 Å². The standard InChI is InChI=1S/C18H19F3N2O2/c19-12-1-2-13(15(21)14(12)20)22-16(24)17(25)23-18-6-9-3-10(7-18)5-11(4-9)8-18/h1-2,9-11H,3-8H2,(H,22,24)(H,23,25). The summed E-state index contributed by atoms with van der Waals surface area (Å²) in [7, 11) is 0. The van der Waals surface area contributed by atoms with Crippen LogP contribution in [0.1, 0.15) is 38.5 Å². The molecule has 0 atom stereocenters. The van der Waals surface area contributed by atoms with Gasteiger partial charge in [0.05, 0.1) is 5.69 Å². The van der Waals surface area contributed by atoms with Crippen molar-refractivity contribution >= 4 is 17.5 Å². The number of nitrogens with one attached hydrogen (secondary N) is 2. The van der Waals surface area contributed by atoms with Gasteiger partial charge in [0.25, 0.3) is 0 Å². The predicted molar refractivity (Wildman–Crippen MR) is 84.0 cm³/mol. The fraction of sp³-hybridized carbons (Fsp3) is 0.556. The first-order chi connectivity index (χ1) is 11.8. The average Bonchev–Trinajstić information content (AvgIpc) is 2.53. The van der Waals surface area contributed by atoms with Crippen LogP contribution in [-0.2, 0) is 9.59 Å². The van der Waals surface area contributed by atoms with Gasteiger partial charge >= 0.3 is 11.8 Å². The summed E-state index contributed by atoms with van der Waals surface area (Å²) in [5, 5.41) is 4.88. The van der Waals surface area contributed by atoms with E-state index >= 15 is 0 Å². The smallest absolute Gasteiger partial charge is 0.313 e. The molecule has 1 aromatic rings. The number of rotatable bonds is 2. The number of anilines is 1. The molecule has 0 radical (unpaired) electrons. The number of benzene rings is 1. The van der Waals surface area contributed by atoms with E-state index in [9.17, 15) is 22.8 Å². The minimum absolute atomic E-state index is 0.351. The molecule has 134 valence electrons. The minimum atomic E-state index is -1.68. The van der Waals surface area contributed by atoms with E-state index in [4.69, 9.17) is 0 Å². The van der Waals surface area contributed by atoms with Crippen LogP contribution in [0.2, 0.25) is 0 Å². The molecule has 0 saturated heterocycles. The third-order valence-corrected chi connectivity index (χ3v) is 5.91. The maximum absolute atomic E-state index is 13.6. The molecule has 0 heterocycles. The lowest BCUT2D eigenvalue weighted by atomic mass is 9.53. The molecule has 25 heavy (non-hydrogen) atoms. The van der Waals surface area contributed by atoms with Crippen LogP contribution in [0.25, 0.3) is 0 Å². The van der Waals surface area contributed by atoms with E-state index in [0.717, 1.165) is 25.3 Å². The minimum Gasteiger partial charge on any atom is -0.342 e. The van der Waals surface area contributed by atoms with Gasteiger partial charge in [0.15, 0.2) is 17.5 Å². The Hall–Kier alpha value is -2.05. The predicted octanol–water partition coefficient (Wildman–Crippen LogP) is 3.13. The normalized spacial score (nSPS) is 32.5. The molecule has 0 aromatic heterocycles. The van der Waals surface area contributed by atoms with Gasteiger partial charge in [-0.15, -0.1) is 0 Å². The van der Waals surface area contributed by atoms with Gasteiger partial charge in [0.1, 0.15) is 0 Å². The van der Waals surface area contributed by atoms with E-state index < -0.39 is 35.0 Å². The first-order valence-electron chi connectivity index (χ1n) is 8.62. The second-order valence-electron chi connectivity index (χ2n) is 7.83. The van der Waals surface area contributed by atoms with E-state index in [1.165, 1.54) is 19.3 Å². The van der Waals surface area contributed by atoms with Crippen LogP contribution in [0.15, 0.2) is 12.1 Å². The molecule has 4 bridgehead atoms. The lowest BCUT2D eigenvalue weighted by molar-refractivity contribution is -0.139. The van der Waals surface area contributed by atoms with Crippen LogP contribution in [0, 0.1) is 35.2 Å². The summed E-state index contributed by atoms with van der Waals surface area (Å²) in [4.78, 5) is 24.4. The topological polar surface area (TPSA) is 58.2 Å². The fourth-order valence-corrected chi connectivity index (χ4v) is 5.36. The van der Waals surface area contributed by atoms with Gasteiger partial charge < -0.3 is 10.6 Å². The molecule has 4 saturated carbocycles. The highest BCUT2D eigenvalue weighted by atomic mass is 19.2. The second-order valence-corrected chi connectivity index (χ2v) is 7.83. The van der Waals surface area contributed by atoms with Crippen LogP contribution in [0.4, 0.5) is 18.9 Å². The van der Waals surface area contributed by atoms with Crippen LogP contribution in [0.5, 0.6) is 0 Å². The monoisotopic (exact) mass is 352 g/mol. The van der Waals surface area contributed by atoms with E-state index in [0.29, 0.717) is 23.8 Å². The number of halogens is 3. The van der Waals surface area contributed by atoms with Crippen molar-refractivity contribution in [2.75, 3.05) is 5.32 Å². The van der Waals surface area contributed by atoms with Gasteiger partial charge in [0, 0.05) is 5.54 Å². The highest BCUT2D eigenvalue weighted by Gasteiger charge is 2.51. The molecule has 0 spiro atoms. The van der Waals surface area contributed by atoms with E-state index in [-0.39, 0.29) is 5.54 Å². The van der Waals surface area contributed by atoms with Crippen molar-refractivity contribution in [3.05, 3.63) is 29.6 Å². The summed E-state index contributed by atoms with van der Waals surface area (Å²) in [6.07, 6.45) is 6.21. The van der Waals surface area contributed by atoms with Crippen molar-refractivity contribution in [2.24, 2.45) is 17.8 Å². The highest BCUT2D eigenvalue weighted by Crippen LogP contribution is 2.55. The third kappa shape index (κ3) is 2.89. The summed E-state index contributed by atoms with van der Waals surface area (Å²) in [5.74, 6) is -4.69. The van der Waals surface area contributed by atoms with Crippen molar-refractivity contribution in [3.8, 4) is 0 Å². The molecule has 5 rings (SSSR count). The largest absolute Gasteiger partial charge is 0.342 e. The number of hydrogen-bond donors (Lipinski definition) is 2. The summed E-state index contributed by atoms with van der Waals surface area (Å²) in [5.41, 5.74) is -0.903. The second kappa shape index (κ2) is 5.75. The molecule has 4 aliphatic rings. The van der Waals surface area contributed by atoms with Gasteiger partial charge in [-0.25, -0.2) is 13.2 Å². The Morgan fingerprint density at radius 2 is 1.44 bits per heavy atom. The van der Waals surface area contributed by atoms with Gasteiger partial charge in [-0.05, 0) is 68.4 Å². The zero-order valence-corrected chi connectivity index (χ0v) is 13.6. The lowest BCUT2D eigenvalue weighted by Gasteiger charge is -2.56. The van der Waals surface area contributed by atoms with Crippen LogP contribution in [-0.4, -0.2) is 17.4 Å². The Bertz CT molecular complexity index is 715. The Kier molecular flexibility index (Phi) is 3.77. The van der Waals surface area contributed by atoms with Crippen molar-refractivity contribution in [3.63, 3.8) is 0 Å². The zero-order chi connectivity index (χ0) is 17.8. The molecule has 4 aliphatic carbocycles. The van der Waals surface area contributed by atoms with Crippen LogP contribution >= 0.6 is 0 Å². The first kappa shape index (κ1) is 16.4. The molecular formula is C18H19F3N2O2. The molecule has 0 unspecified atom stereocenters. The zero-order valence-electron chi connectivity index (χ0n) is 13.6. The molecular weight excluding hydrogens is 333 g/mol. The highest BCUT2D eigenvalue weighted by molar-refractivity contribution is 6.39. The number of carbonyl (C=O) groups is 2. The summed E-state index contributed by atoms with van der Waals surface area (Å²) < 4.78 is 39.8. The third-order valence-electron chi connectivity index (χ3n) is 5.91. The number of carbonyl (C=O) groups excluding carboxylic acids is 2. The molecule has 7 heteroatoms. The SMILES string of the molecule is O=C(Nc1ccc(F)c(F)c1F)C(=O)NC12CC3CC(CC(C3)C1)C2. The van der Waals surface area contributed by atoms with Gasteiger partial charge in [-0.3, -0.25) is 9.59 Å². The summed E-state index contributed by atoms with van der Waals surface area (Å²) >= 11 is 0. The molecule has 2 amide bonds. The Balaban J connectivity index is 1.45. The Morgan fingerprint density at radius 3 is 2.00 bits per heavy atom. The van der Waals surface area contributed by atoms with Gasteiger partial charge in [-0.2, -0.15) is 0 Å². The van der Waals surface area contributed by atoms with Crippen molar-refractivity contribution in [2.45, 2.75) is 44.1 Å². The molecule has 4 nitrogen and oxygen atoms in total. The summed E-state index contributed by atoms with van der Waals surface area (Å²) in [6, 6.07) is 1.59. The maximum atomic E-state index is 13.6. The fourth-order valence-electron chi connectivity index (χ4n) is 5.36. The molecule has 1 aromatic carbocycles. The van der Waals surface area contributed by atoms with Crippen LogP contribution < -0.4 is 10.6 Å². The summed E-state index contributed by atoms with van der Waals surface area (Å²) in [6.45, 7) is 0. The first-order valence-corrected chi connectivity index (χ1v) is 8.62. The Morgan fingerprint density at radius 1 is 0.880 bits per heavy atom. The van der Waals surface area contributed by atoms with Gasteiger partial charge in [-0.1, -0.05) is 0 Å². The maximum Gasteiger partial charge on any atom is 0.313 e. The molecule has 2 N–H and O–H groups in total.